The van der Waals surface area contributed by atoms with Gasteiger partial charge in [0.15, 0.2) is 0 Å². The normalized spacial score (nSPS) is 21.2. The molecule has 0 aliphatic carbocycles. The van der Waals surface area contributed by atoms with Crippen LogP contribution in [0, 0.1) is 13.8 Å². The Morgan fingerprint density at radius 2 is 1.74 bits per heavy atom. The minimum atomic E-state index is -0.194. The van der Waals surface area contributed by atoms with Crippen LogP contribution in [0.4, 0.5) is 0 Å². The van der Waals surface area contributed by atoms with Gasteiger partial charge in [-0.05, 0) is 61.6 Å². The highest BCUT2D eigenvalue weighted by atomic mass is 35.5. The van der Waals surface area contributed by atoms with E-state index in [4.69, 9.17) is 16.4 Å². The largest absolute Gasteiger partial charge is 0.332 e. The highest BCUT2D eigenvalue weighted by molar-refractivity contribution is 6.31. The Kier molecular flexibility index (Phi) is 4.25. The van der Waals surface area contributed by atoms with Crippen molar-refractivity contribution in [1.82, 2.24) is 9.96 Å². The standard InChI is InChI=1S/C18H23ClN2O2/c1-12-9-14(19)10-13(2)16(12)15-11-18(20(3)17(15)22)5-7-21(23-4)8-6-18/h9-11H,5-8H2,1-4H3. The summed E-state index contributed by atoms with van der Waals surface area (Å²) >= 11 is 6.13. The average Bonchev–Trinajstić information content (AvgIpc) is 2.73. The first-order valence-corrected chi connectivity index (χ1v) is 8.33. The Balaban J connectivity index is 2.01. The quantitative estimate of drug-likeness (QED) is 0.832. The predicted octanol–water partition coefficient (Wildman–Crippen LogP) is 3.21. The lowest BCUT2D eigenvalue weighted by Gasteiger charge is -2.41. The highest BCUT2D eigenvalue weighted by Crippen LogP contribution is 2.41. The van der Waals surface area contributed by atoms with Gasteiger partial charge in [-0.15, -0.1) is 0 Å². The van der Waals surface area contributed by atoms with Gasteiger partial charge in [0.05, 0.1) is 12.6 Å². The maximum absolute atomic E-state index is 12.9. The second-order valence-electron chi connectivity index (χ2n) is 6.55. The van der Waals surface area contributed by atoms with Crippen LogP contribution in [0.5, 0.6) is 0 Å². The molecular weight excluding hydrogens is 312 g/mol. The van der Waals surface area contributed by atoms with Gasteiger partial charge in [-0.2, -0.15) is 5.06 Å². The highest BCUT2D eigenvalue weighted by Gasteiger charge is 2.45. The Bertz CT molecular complexity index is 653. The molecule has 2 aliphatic rings. The zero-order valence-electron chi connectivity index (χ0n) is 14.1. The molecule has 2 aliphatic heterocycles. The molecule has 4 nitrogen and oxygen atoms in total. The van der Waals surface area contributed by atoms with Crippen LogP contribution < -0.4 is 0 Å². The lowest BCUT2D eigenvalue weighted by Crippen LogP contribution is -2.51. The summed E-state index contributed by atoms with van der Waals surface area (Å²) in [6.45, 7) is 5.69. The van der Waals surface area contributed by atoms with Crippen LogP contribution in [0.3, 0.4) is 0 Å². The van der Waals surface area contributed by atoms with Crippen LogP contribution in [-0.2, 0) is 9.63 Å². The van der Waals surface area contributed by atoms with Gasteiger partial charge in [0.2, 0.25) is 0 Å². The van der Waals surface area contributed by atoms with Gasteiger partial charge in [0.1, 0.15) is 0 Å². The van der Waals surface area contributed by atoms with Gasteiger partial charge in [-0.3, -0.25) is 4.79 Å². The van der Waals surface area contributed by atoms with Crippen LogP contribution in [0.25, 0.3) is 5.57 Å². The Morgan fingerprint density at radius 3 is 2.26 bits per heavy atom. The molecule has 0 aromatic heterocycles. The van der Waals surface area contributed by atoms with Gasteiger partial charge >= 0.3 is 0 Å². The number of carbonyl (C=O) groups is 1. The summed E-state index contributed by atoms with van der Waals surface area (Å²) in [7, 11) is 3.61. The molecule has 124 valence electrons. The molecule has 0 N–H and O–H groups in total. The number of halogens is 1. The van der Waals surface area contributed by atoms with E-state index in [2.05, 4.69) is 6.08 Å². The van der Waals surface area contributed by atoms with Gasteiger partial charge < -0.3 is 9.74 Å². The fraction of sp³-hybridized carbons (Fsp3) is 0.500. The number of hydroxylamine groups is 2. The number of likely N-dealkylation sites (N-methyl/N-ethyl adjacent to an activating group) is 1. The number of aryl methyl sites for hydroxylation is 2. The number of hydrogen-bond acceptors (Lipinski definition) is 3. The maximum atomic E-state index is 12.9. The van der Waals surface area contributed by atoms with E-state index in [1.165, 1.54) is 0 Å². The average molecular weight is 335 g/mol. The van der Waals surface area contributed by atoms with E-state index in [1.54, 1.807) is 7.11 Å². The molecule has 0 saturated carbocycles. The Morgan fingerprint density at radius 1 is 1.17 bits per heavy atom. The second kappa shape index (κ2) is 5.93. The number of carbonyl (C=O) groups excluding carboxylic acids is 1. The molecule has 0 bridgehead atoms. The lowest BCUT2D eigenvalue weighted by molar-refractivity contribution is -0.158. The molecule has 1 spiro atoms. The van der Waals surface area contributed by atoms with Crippen molar-refractivity contribution in [2.24, 2.45) is 0 Å². The molecule has 0 unspecified atom stereocenters. The number of rotatable bonds is 2. The third-order valence-corrected chi connectivity index (χ3v) is 5.45. The number of nitrogens with zero attached hydrogens (tertiary/aromatic N) is 2. The third-order valence-electron chi connectivity index (χ3n) is 5.23. The zero-order chi connectivity index (χ0) is 16.8. The van der Waals surface area contributed by atoms with Crippen molar-refractivity contribution in [2.75, 3.05) is 27.2 Å². The van der Waals surface area contributed by atoms with Gasteiger partial charge in [0, 0.05) is 30.7 Å². The van der Waals surface area contributed by atoms with E-state index in [0.717, 1.165) is 48.2 Å². The fourth-order valence-electron chi connectivity index (χ4n) is 3.86. The molecule has 0 atom stereocenters. The van der Waals surface area contributed by atoms with Crippen LogP contribution in [-0.4, -0.2) is 48.7 Å². The summed E-state index contributed by atoms with van der Waals surface area (Å²) in [4.78, 5) is 20.1. The molecule has 2 heterocycles. The monoisotopic (exact) mass is 334 g/mol. The molecule has 1 aromatic carbocycles. The van der Waals surface area contributed by atoms with E-state index in [9.17, 15) is 4.79 Å². The van der Waals surface area contributed by atoms with E-state index < -0.39 is 0 Å². The summed E-state index contributed by atoms with van der Waals surface area (Å²) in [5, 5.41) is 2.67. The molecular formula is C18H23ClN2O2. The number of piperidine rings is 1. The minimum absolute atomic E-state index is 0.101. The Labute approximate surface area is 142 Å². The van der Waals surface area contributed by atoms with Crippen molar-refractivity contribution < 1.29 is 9.63 Å². The first-order valence-electron chi connectivity index (χ1n) is 7.95. The van der Waals surface area contributed by atoms with Crippen LogP contribution in [0.2, 0.25) is 5.02 Å². The summed E-state index contributed by atoms with van der Waals surface area (Å²) in [6, 6.07) is 3.85. The summed E-state index contributed by atoms with van der Waals surface area (Å²) in [5.74, 6) is 0.101. The predicted molar refractivity (Wildman–Crippen MR) is 92.2 cm³/mol. The van der Waals surface area contributed by atoms with Gasteiger partial charge in [-0.1, -0.05) is 11.6 Å². The van der Waals surface area contributed by atoms with Gasteiger partial charge in [0.25, 0.3) is 5.91 Å². The first kappa shape index (κ1) is 16.5. The summed E-state index contributed by atoms with van der Waals surface area (Å²) < 4.78 is 0. The number of benzene rings is 1. The fourth-order valence-corrected chi connectivity index (χ4v) is 4.19. The topological polar surface area (TPSA) is 32.8 Å². The first-order chi connectivity index (χ1) is 10.9. The van der Waals surface area contributed by atoms with Crippen molar-refractivity contribution >= 4 is 23.1 Å². The van der Waals surface area contributed by atoms with E-state index in [0.29, 0.717) is 5.02 Å². The summed E-state index contributed by atoms with van der Waals surface area (Å²) in [6.07, 6.45) is 3.95. The lowest BCUT2D eigenvalue weighted by atomic mass is 9.86. The molecule has 3 rings (SSSR count). The summed E-state index contributed by atoms with van der Waals surface area (Å²) in [5.41, 5.74) is 3.74. The van der Waals surface area contributed by atoms with Crippen molar-refractivity contribution in [3.63, 3.8) is 0 Å². The molecule has 0 radical (unpaired) electrons. The van der Waals surface area contributed by atoms with Crippen LogP contribution >= 0.6 is 11.6 Å². The molecule has 1 amide bonds. The van der Waals surface area contributed by atoms with Crippen LogP contribution in [0.1, 0.15) is 29.5 Å². The number of hydrogen-bond donors (Lipinski definition) is 0. The molecule has 1 fully saturated rings. The Hall–Kier alpha value is -1.36. The molecule has 1 aromatic rings. The van der Waals surface area contributed by atoms with Crippen molar-refractivity contribution in [3.8, 4) is 0 Å². The number of amides is 1. The molecule has 1 saturated heterocycles. The van der Waals surface area contributed by atoms with Crippen molar-refractivity contribution in [3.05, 3.63) is 39.9 Å². The van der Waals surface area contributed by atoms with Gasteiger partial charge in [-0.25, -0.2) is 0 Å². The molecule has 23 heavy (non-hydrogen) atoms. The third kappa shape index (κ3) is 2.69. The van der Waals surface area contributed by atoms with Crippen molar-refractivity contribution in [2.45, 2.75) is 32.2 Å². The van der Waals surface area contributed by atoms with E-state index >= 15 is 0 Å². The molecule has 5 heteroatoms. The SMILES string of the molecule is CON1CCC2(C=C(c3c(C)cc(Cl)cc3C)C(=O)N2C)CC1. The van der Waals surface area contributed by atoms with E-state index in [-0.39, 0.29) is 11.4 Å². The van der Waals surface area contributed by atoms with Crippen molar-refractivity contribution in [1.29, 1.82) is 0 Å². The minimum Gasteiger partial charge on any atom is -0.332 e. The van der Waals surface area contributed by atoms with Crippen LogP contribution in [0.15, 0.2) is 18.2 Å². The maximum Gasteiger partial charge on any atom is 0.254 e. The smallest absolute Gasteiger partial charge is 0.254 e. The van der Waals surface area contributed by atoms with E-state index in [1.807, 2.05) is 43.0 Å². The second-order valence-corrected chi connectivity index (χ2v) is 6.99. The zero-order valence-corrected chi connectivity index (χ0v) is 14.9.